The van der Waals surface area contributed by atoms with E-state index in [0.717, 1.165) is 29.2 Å². The highest BCUT2D eigenvalue weighted by molar-refractivity contribution is 5.95. The van der Waals surface area contributed by atoms with E-state index in [1.807, 2.05) is 42.5 Å². The van der Waals surface area contributed by atoms with Gasteiger partial charge in [0.1, 0.15) is 23.7 Å². The van der Waals surface area contributed by atoms with Crippen molar-refractivity contribution in [1.29, 1.82) is 0 Å². The van der Waals surface area contributed by atoms with E-state index in [-0.39, 0.29) is 19.3 Å². The molecule has 0 aliphatic carbocycles. The maximum Gasteiger partial charge on any atom is 0.326 e. The van der Waals surface area contributed by atoms with Crippen molar-refractivity contribution in [2.75, 3.05) is 6.61 Å². The van der Waals surface area contributed by atoms with Gasteiger partial charge in [0.05, 0.1) is 18.6 Å². The summed E-state index contributed by atoms with van der Waals surface area (Å²) >= 11 is 0. The zero-order chi connectivity index (χ0) is 34.7. The van der Waals surface area contributed by atoms with Gasteiger partial charge in [-0.25, -0.2) is 4.79 Å². The van der Waals surface area contributed by atoms with E-state index in [4.69, 9.17) is 20.9 Å². The van der Waals surface area contributed by atoms with E-state index in [2.05, 4.69) is 16.0 Å². The maximum absolute atomic E-state index is 13.8. The SMILES string of the molecule is CC(C)(C)OC(=O)CC[C@H](NC(=O)C(NC(=O)[C@@H](N)Cc1ccc2ccccc2c1)C1CCCCO1)C(=O)N[C@@H](CC(N)=O)C(=O)O. The molecule has 1 heterocycles. The lowest BCUT2D eigenvalue weighted by atomic mass is 9.98. The number of fused-ring (bicyclic) bond motifs is 1. The predicted molar refractivity (Wildman–Crippen MR) is 172 cm³/mol. The molecule has 4 amide bonds. The van der Waals surface area contributed by atoms with Crippen molar-refractivity contribution in [2.24, 2.45) is 11.5 Å². The van der Waals surface area contributed by atoms with E-state index in [0.29, 0.717) is 13.0 Å². The predicted octanol–water partition coefficient (Wildman–Crippen LogP) is 0.815. The molecule has 1 fully saturated rings. The number of ether oxygens (including phenoxy) is 2. The Kier molecular flexibility index (Phi) is 13.2. The van der Waals surface area contributed by atoms with E-state index in [1.165, 1.54) is 0 Å². The standard InChI is InChI=1S/C33H45N5O9/c1-33(2,3)47-27(40)14-13-23(30(42)37-24(32(44)45)18-26(35)39)36-31(43)28(25-10-6-7-15-46-25)38-29(41)22(34)17-19-11-12-20-8-4-5-9-21(20)16-19/h4-5,8-9,11-12,16,22-25,28H,6-7,10,13-15,17-18,34H2,1-3H3,(H2,35,39)(H,36,43)(H,37,42)(H,38,41)(H,44,45)/t22-,23-,24-,25?,28?/m0/s1. The number of carboxylic acid groups (broad SMARTS) is 1. The minimum atomic E-state index is -1.67. The van der Waals surface area contributed by atoms with Crippen LogP contribution in [0.4, 0.5) is 0 Å². The van der Waals surface area contributed by atoms with Gasteiger partial charge >= 0.3 is 11.9 Å². The number of amides is 4. The Morgan fingerprint density at radius 3 is 2.23 bits per heavy atom. The second-order valence-electron chi connectivity index (χ2n) is 12.6. The average molecular weight is 656 g/mol. The fourth-order valence-electron chi connectivity index (χ4n) is 5.19. The number of rotatable bonds is 15. The summed E-state index contributed by atoms with van der Waals surface area (Å²) < 4.78 is 11.1. The number of carbonyl (C=O) groups is 6. The third-order valence-electron chi connectivity index (χ3n) is 7.48. The van der Waals surface area contributed by atoms with Crippen LogP contribution in [0, 0.1) is 0 Å². The number of aliphatic carboxylic acids is 1. The molecule has 3 rings (SSSR count). The highest BCUT2D eigenvalue weighted by Crippen LogP contribution is 2.19. The molecule has 1 aliphatic heterocycles. The first-order chi connectivity index (χ1) is 22.1. The van der Waals surface area contributed by atoms with Crippen LogP contribution in [0.5, 0.6) is 0 Å². The minimum absolute atomic E-state index is 0.188. The van der Waals surface area contributed by atoms with Crippen LogP contribution in [0.25, 0.3) is 10.8 Å². The third-order valence-corrected chi connectivity index (χ3v) is 7.48. The van der Waals surface area contributed by atoms with Gasteiger partial charge in [-0.15, -0.1) is 0 Å². The van der Waals surface area contributed by atoms with Gasteiger partial charge in [0.2, 0.25) is 23.6 Å². The molecule has 256 valence electrons. The third kappa shape index (κ3) is 12.0. The first kappa shape index (κ1) is 36.9. The first-order valence-electron chi connectivity index (χ1n) is 15.6. The quantitative estimate of drug-likeness (QED) is 0.148. The Labute approximate surface area is 273 Å². The number of nitrogens with one attached hydrogen (secondary N) is 3. The molecule has 0 radical (unpaired) electrons. The highest BCUT2D eigenvalue weighted by Gasteiger charge is 2.36. The van der Waals surface area contributed by atoms with Gasteiger partial charge in [-0.1, -0.05) is 42.5 Å². The molecule has 0 spiro atoms. The zero-order valence-electron chi connectivity index (χ0n) is 27.0. The first-order valence-corrected chi connectivity index (χ1v) is 15.6. The van der Waals surface area contributed by atoms with E-state index in [1.54, 1.807) is 20.8 Å². The Hall–Kier alpha value is -4.56. The lowest BCUT2D eigenvalue weighted by Crippen LogP contribution is -2.61. The summed E-state index contributed by atoms with van der Waals surface area (Å²) in [6.07, 6.45) is 0.0933. The Bertz CT molecular complexity index is 1450. The van der Waals surface area contributed by atoms with Crippen LogP contribution in [0.3, 0.4) is 0 Å². The molecule has 2 aromatic carbocycles. The fourth-order valence-corrected chi connectivity index (χ4v) is 5.19. The molecular weight excluding hydrogens is 610 g/mol. The summed E-state index contributed by atoms with van der Waals surface area (Å²) in [5.41, 5.74) is 11.4. The number of esters is 1. The Morgan fingerprint density at radius 2 is 1.62 bits per heavy atom. The normalized spacial score (nSPS) is 17.4. The summed E-state index contributed by atoms with van der Waals surface area (Å²) in [7, 11) is 0. The van der Waals surface area contributed by atoms with E-state index >= 15 is 0 Å². The highest BCUT2D eigenvalue weighted by atomic mass is 16.6. The largest absolute Gasteiger partial charge is 0.480 e. The van der Waals surface area contributed by atoms with Crippen molar-refractivity contribution in [3.8, 4) is 0 Å². The van der Waals surface area contributed by atoms with Crippen molar-refractivity contribution >= 4 is 46.3 Å². The fraction of sp³-hybridized carbons (Fsp3) is 0.515. The van der Waals surface area contributed by atoms with Gasteiger partial charge in [-0.3, -0.25) is 24.0 Å². The van der Waals surface area contributed by atoms with Crippen LogP contribution >= 0.6 is 0 Å². The zero-order valence-corrected chi connectivity index (χ0v) is 27.0. The van der Waals surface area contributed by atoms with Crippen molar-refractivity contribution in [2.45, 2.75) is 102 Å². The van der Waals surface area contributed by atoms with Gasteiger partial charge in [0.15, 0.2) is 0 Å². The van der Waals surface area contributed by atoms with Crippen LogP contribution in [0.1, 0.15) is 64.9 Å². The Balaban J connectivity index is 1.79. The van der Waals surface area contributed by atoms with Crippen LogP contribution in [-0.4, -0.2) is 83.2 Å². The smallest absolute Gasteiger partial charge is 0.326 e. The van der Waals surface area contributed by atoms with Crippen LogP contribution in [0.15, 0.2) is 42.5 Å². The number of nitrogens with two attached hydrogens (primary N) is 2. The molecule has 8 N–H and O–H groups in total. The lowest BCUT2D eigenvalue weighted by molar-refractivity contribution is -0.155. The van der Waals surface area contributed by atoms with Crippen molar-refractivity contribution in [3.63, 3.8) is 0 Å². The van der Waals surface area contributed by atoms with Crippen LogP contribution < -0.4 is 27.4 Å². The van der Waals surface area contributed by atoms with Gasteiger partial charge in [-0.05, 0) is 69.2 Å². The molecular formula is C33H45N5O9. The molecule has 14 heteroatoms. The van der Waals surface area contributed by atoms with E-state index in [9.17, 15) is 33.9 Å². The molecule has 0 bridgehead atoms. The molecule has 0 saturated carbocycles. The molecule has 14 nitrogen and oxygen atoms in total. The van der Waals surface area contributed by atoms with Gasteiger partial charge in [0.25, 0.3) is 0 Å². The second-order valence-corrected chi connectivity index (χ2v) is 12.6. The van der Waals surface area contributed by atoms with Crippen LogP contribution in [-0.2, 0) is 44.7 Å². The molecule has 2 aromatic rings. The van der Waals surface area contributed by atoms with Gasteiger partial charge < -0.3 is 42.0 Å². The molecule has 0 aromatic heterocycles. The van der Waals surface area contributed by atoms with Gasteiger partial charge in [0, 0.05) is 13.0 Å². The van der Waals surface area contributed by atoms with Crippen molar-refractivity contribution < 1.29 is 43.3 Å². The molecule has 2 unspecified atom stereocenters. The number of carbonyl (C=O) groups excluding carboxylic acids is 5. The molecule has 47 heavy (non-hydrogen) atoms. The number of primary amides is 1. The minimum Gasteiger partial charge on any atom is -0.480 e. The summed E-state index contributed by atoms with van der Waals surface area (Å²) in [4.78, 5) is 75.9. The number of hydrogen-bond acceptors (Lipinski definition) is 9. The number of hydrogen-bond donors (Lipinski definition) is 6. The molecule has 1 aliphatic rings. The maximum atomic E-state index is 13.8. The van der Waals surface area contributed by atoms with E-state index < -0.39 is 77.9 Å². The molecule has 1 saturated heterocycles. The average Bonchev–Trinajstić information content (AvgIpc) is 3.00. The monoisotopic (exact) mass is 655 g/mol. The van der Waals surface area contributed by atoms with Crippen molar-refractivity contribution in [3.05, 3.63) is 48.0 Å². The summed E-state index contributed by atoms with van der Waals surface area (Å²) in [5.74, 6) is -5.53. The lowest BCUT2D eigenvalue weighted by Gasteiger charge is -2.32. The van der Waals surface area contributed by atoms with Crippen molar-refractivity contribution in [1.82, 2.24) is 16.0 Å². The van der Waals surface area contributed by atoms with Crippen LogP contribution in [0.2, 0.25) is 0 Å². The number of carboxylic acids is 1. The summed E-state index contributed by atoms with van der Waals surface area (Å²) in [6, 6.07) is 8.10. The Morgan fingerprint density at radius 1 is 0.936 bits per heavy atom. The summed E-state index contributed by atoms with van der Waals surface area (Å²) in [5, 5.41) is 18.9. The second kappa shape index (κ2) is 16.8. The van der Waals surface area contributed by atoms with Gasteiger partial charge in [-0.2, -0.15) is 0 Å². The number of benzene rings is 2. The summed E-state index contributed by atoms with van der Waals surface area (Å²) in [6.45, 7) is 5.35. The topological polar surface area (TPSA) is 229 Å². The molecule has 5 atom stereocenters.